The normalized spacial score (nSPS) is 13.1. The second-order valence-electron chi connectivity index (χ2n) is 4.17. The maximum atomic E-state index is 9.13. The van der Waals surface area contributed by atoms with Crippen LogP contribution in [0.25, 0.3) is 11.3 Å². The highest BCUT2D eigenvalue weighted by atomic mass is 16.3. The zero-order chi connectivity index (χ0) is 11.7. The SMILES string of the molecule is OCCN1Cc2cccnc2-c2ccccc21. The molecule has 3 rings (SSSR count). The Balaban J connectivity index is 2.15. The summed E-state index contributed by atoms with van der Waals surface area (Å²) in [4.78, 5) is 6.66. The van der Waals surface area contributed by atoms with Crippen LogP contribution in [0.2, 0.25) is 0 Å². The number of rotatable bonds is 2. The number of hydrogen-bond acceptors (Lipinski definition) is 3. The lowest BCUT2D eigenvalue weighted by atomic mass is 9.98. The standard InChI is InChI=1S/C14H14N2O/c17-9-8-16-10-11-4-3-7-15-14(11)12-5-1-2-6-13(12)16/h1-7,17H,8-10H2. The van der Waals surface area contributed by atoms with Crippen LogP contribution in [0, 0.1) is 0 Å². The average molecular weight is 226 g/mol. The molecule has 3 heteroatoms. The Morgan fingerprint density at radius 3 is 2.94 bits per heavy atom. The summed E-state index contributed by atoms with van der Waals surface area (Å²) in [6, 6.07) is 12.3. The van der Waals surface area contributed by atoms with E-state index in [-0.39, 0.29) is 6.61 Å². The molecule has 0 unspecified atom stereocenters. The van der Waals surface area contributed by atoms with Crippen molar-refractivity contribution in [3.63, 3.8) is 0 Å². The summed E-state index contributed by atoms with van der Waals surface area (Å²) < 4.78 is 0. The first-order valence-corrected chi connectivity index (χ1v) is 5.79. The molecule has 1 N–H and O–H groups in total. The van der Waals surface area contributed by atoms with E-state index in [1.165, 1.54) is 5.56 Å². The van der Waals surface area contributed by atoms with E-state index in [0.717, 1.165) is 23.5 Å². The minimum Gasteiger partial charge on any atom is -0.395 e. The first-order chi connectivity index (χ1) is 8.40. The maximum absolute atomic E-state index is 9.13. The Hall–Kier alpha value is -1.87. The minimum atomic E-state index is 0.171. The van der Waals surface area contributed by atoms with Gasteiger partial charge in [-0.05, 0) is 17.7 Å². The average Bonchev–Trinajstić information content (AvgIpc) is 2.39. The summed E-state index contributed by atoms with van der Waals surface area (Å²) in [5.41, 5.74) is 4.60. The van der Waals surface area contributed by atoms with Crippen molar-refractivity contribution >= 4 is 5.69 Å². The summed E-state index contributed by atoms with van der Waals surface area (Å²) in [7, 11) is 0. The molecule has 86 valence electrons. The summed E-state index contributed by atoms with van der Waals surface area (Å²) in [5, 5.41) is 9.13. The van der Waals surface area contributed by atoms with Gasteiger partial charge in [-0.1, -0.05) is 24.3 Å². The van der Waals surface area contributed by atoms with Crippen LogP contribution in [0.4, 0.5) is 5.69 Å². The predicted molar refractivity (Wildman–Crippen MR) is 67.8 cm³/mol. The molecule has 0 saturated carbocycles. The predicted octanol–water partition coefficient (Wildman–Crippen LogP) is 2.06. The van der Waals surface area contributed by atoms with Crippen molar-refractivity contribution in [2.45, 2.75) is 6.54 Å². The lowest BCUT2D eigenvalue weighted by Crippen LogP contribution is -2.29. The molecular weight excluding hydrogens is 212 g/mol. The lowest BCUT2D eigenvalue weighted by molar-refractivity contribution is 0.301. The number of β-amino-alcohol motifs (C(OH)–C–C–N with tert-alkyl or cyclic N) is 1. The van der Waals surface area contributed by atoms with E-state index in [4.69, 9.17) is 5.11 Å². The van der Waals surface area contributed by atoms with Gasteiger partial charge in [0.05, 0.1) is 12.3 Å². The minimum absolute atomic E-state index is 0.171. The van der Waals surface area contributed by atoms with Gasteiger partial charge in [0, 0.05) is 30.5 Å². The largest absolute Gasteiger partial charge is 0.395 e. The van der Waals surface area contributed by atoms with E-state index in [2.05, 4.69) is 28.1 Å². The Kier molecular flexibility index (Phi) is 2.53. The highest BCUT2D eigenvalue weighted by Gasteiger charge is 2.21. The second kappa shape index (κ2) is 4.18. The molecule has 1 aromatic heterocycles. The quantitative estimate of drug-likeness (QED) is 0.851. The molecule has 0 bridgehead atoms. The van der Waals surface area contributed by atoms with Gasteiger partial charge in [-0.25, -0.2) is 0 Å². The van der Waals surface area contributed by atoms with E-state index < -0.39 is 0 Å². The lowest BCUT2D eigenvalue weighted by Gasteiger charge is -2.31. The molecule has 1 aliphatic heterocycles. The molecular formula is C14H14N2O. The zero-order valence-electron chi connectivity index (χ0n) is 9.50. The van der Waals surface area contributed by atoms with Crippen molar-refractivity contribution in [3.05, 3.63) is 48.2 Å². The van der Waals surface area contributed by atoms with Crippen molar-refractivity contribution in [2.24, 2.45) is 0 Å². The van der Waals surface area contributed by atoms with Gasteiger partial charge in [-0.15, -0.1) is 0 Å². The maximum Gasteiger partial charge on any atom is 0.0772 e. The molecule has 0 aliphatic carbocycles. The third-order valence-corrected chi connectivity index (χ3v) is 3.12. The number of aromatic nitrogens is 1. The first kappa shape index (κ1) is 10.3. The Morgan fingerprint density at radius 1 is 1.18 bits per heavy atom. The van der Waals surface area contributed by atoms with Crippen LogP contribution in [0.3, 0.4) is 0 Å². The number of hydrogen-bond donors (Lipinski definition) is 1. The molecule has 2 heterocycles. The topological polar surface area (TPSA) is 36.4 Å². The van der Waals surface area contributed by atoms with E-state index in [0.29, 0.717) is 6.54 Å². The van der Waals surface area contributed by atoms with Gasteiger partial charge in [-0.3, -0.25) is 4.98 Å². The molecule has 0 amide bonds. The van der Waals surface area contributed by atoms with Crippen LogP contribution < -0.4 is 4.90 Å². The van der Waals surface area contributed by atoms with Crippen molar-refractivity contribution in [3.8, 4) is 11.3 Å². The molecule has 0 atom stereocenters. The van der Waals surface area contributed by atoms with Crippen LogP contribution in [0.1, 0.15) is 5.56 Å². The van der Waals surface area contributed by atoms with Crippen LogP contribution in [0.15, 0.2) is 42.6 Å². The van der Waals surface area contributed by atoms with Gasteiger partial charge in [0.1, 0.15) is 0 Å². The van der Waals surface area contributed by atoms with Gasteiger partial charge < -0.3 is 10.0 Å². The van der Waals surface area contributed by atoms with Crippen LogP contribution in [-0.4, -0.2) is 23.2 Å². The number of benzene rings is 1. The van der Waals surface area contributed by atoms with Crippen molar-refractivity contribution in [2.75, 3.05) is 18.1 Å². The molecule has 3 nitrogen and oxygen atoms in total. The molecule has 1 aliphatic rings. The van der Waals surface area contributed by atoms with Gasteiger partial charge in [0.25, 0.3) is 0 Å². The van der Waals surface area contributed by atoms with E-state index in [9.17, 15) is 0 Å². The third-order valence-electron chi connectivity index (χ3n) is 3.12. The van der Waals surface area contributed by atoms with Crippen LogP contribution in [-0.2, 0) is 6.54 Å². The highest BCUT2D eigenvalue weighted by Crippen LogP contribution is 2.36. The fourth-order valence-corrected chi connectivity index (χ4v) is 2.37. The number of para-hydroxylation sites is 1. The second-order valence-corrected chi connectivity index (χ2v) is 4.17. The monoisotopic (exact) mass is 226 g/mol. The smallest absolute Gasteiger partial charge is 0.0772 e. The van der Waals surface area contributed by atoms with E-state index in [1.54, 1.807) is 0 Å². The van der Waals surface area contributed by atoms with E-state index >= 15 is 0 Å². The summed E-state index contributed by atoms with van der Waals surface area (Å²) in [5.74, 6) is 0. The molecule has 0 saturated heterocycles. The molecule has 0 fully saturated rings. The summed E-state index contributed by atoms with van der Waals surface area (Å²) in [6.45, 7) is 1.65. The molecule has 1 aromatic carbocycles. The number of fused-ring (bicyclic) bond motifs is 3. The molecule has 0 radical (unpaired) electrons. The Bertz CT molecular complexity index is 539. The zero-order valence-corrected chi connectivity index (χ0v) is 9.50. The highest BCUT2D eigenvalue weighted by molar-refractivity contribution is 5.81. The van der Waals surface area contributed by atoms with E-state index in [1.807, 2.05) is 24.4 Å². The van der Waals surface area contributed by atoms with Gasteiger partial charge in [0.15, 0.2) is 0 Å². The Labute approximate surface area is 100 Å². The number of aliphatic hydroxyl groups excluding tert-OH is 1. The third kappa shape index (κ3) is 1.68. The summed E-state index contributed by atoms with van der Waals surface area (Å²) >= 11 is 0. The summed E-state index contributed by atoms with van der Waals surface area (Å²) in [6.07, 6.45) is 1.83. The first-order valence-electron chi connectivity index (χ1n) is 5.79. The van der Waals surface area contributed by atoms with Crippen molar-refractivity contribution in [1.82, 2.24) is 4.98 Å². The van der Waals surface area contributed by atoms with Crippen LogP contribution >= 0.6 is 0 Å². The number of pyridine rings is 1. The molecule has 2 aromatic rings. The van der Waals surface area contributed by atoms with Gasteiger partial charge >= 0.3 is 0 Å². The Morgan fingerprint density at radius 2 is 2.06 bits per heavy atom. The van der Waals surface area contributed by atoms with Gasteiger partial charge in [-0.2, -0.15) is 0 Å². The molecule has 17 heavy (non-hydrogen) atoms. The number of nitrogens with zero attached hydrogens (tertiary/aromatic N) is 2. The van der Waals surface area contributed by atoms with Crippen molar-refractivity contribution in [1.29, 1.82) is 0 Å². The van der Waals surface area contributed by atoms with Crippen molar-refractivity contribution < 1.29 is 5.11 Å². The molecule has 0 spiro atoms. The number of anilines is 1. The fraction of sp³-hybridized carbons (Fsp3) is 0.214. The fourth-order valence-electron chi connectivity index (χ4n) is 2.37. The number of aliphatic hydroxyl groups is 1. The van der Waals surface area contributed by atoms with Gasteiger partial charge in [0.2, 0.25) is 0 Å². The van der Waals surface area contributed by atoms with Crippen LogP contribution in [0.5, 0.6) is 0 Å².